The maximum Gasteiger partial charge on any atom is 0.305 e. The SMILES string of the molecule is CCCCOC(=O)CCCCCCOc1c2ccccc2c(OCCCCCCC(=O)OCCCC)c2ccccc12. The van der Waals surface area contributed by atoms with Gasteiger partial charge in [-0.3, -0.25) is 9.59 Å². The van der Waals surface area contributed by atoms with Crippen molar-refractivity contribution in [1.29, 1.82) is 0 Å². The molecule has 3 aromatic rings. The summed E-state index contributed by atoms with van der Waals surface area (Å²) in [6.07, 6.45) is 12.5. The van der Waals surface area contributed by atoms with Crippen molar-refractivity contribution < 1.29 is 28.5 Å². The maximum atomic E-state index is 11.8. The summed E-state index contributed by atoms with van der Waals surface area (Å²) >= 11 is 0. The van der Waals surface area contributed by atoms with Crippen LogP contribution in [-0.2, 0) is 19.1 Å². The van der Waals surface area contributed by atoms with E-state index in [0.717, 1.165) is 110 Å². The van der Waals surface area contributed by atoms with Crippen molar-refractivity contribution in [1.82, 2.24) is 0 Å². The zero-order chi connectivity index (χ0) is 29.8. The molecule has 0 N–H and O–H groups in total. The van der Waals surface area contributed by atoms with E-state index >= 15 is 0 Å². The molecule has 0 aromatic heterocycles. The number of carbonyl (C=O) groups excluding carboxylic acids is 2. The molecular formula is C36H50O6. The highest BCUT2D eigenvalue weighted by Crippen LogP contribution is 2.42. The van der Waals surface area contributed by atoms with Gasteiger partial charge in [-0.25, -0.2) is 0 Å². The molecule has 0 bridgehead atoms. The summed E-state index contributed by atoms with van der Waals surface area (Å²) in [5.74, 6) is 1.64. The van der Waals surface area contributed by atoms with E-state index in [1.54, 1.807) is 0 Å². The van der Waals surface area contributed by atoms with Crippen LogP contribution >= 0.6 is 0 Å². The van der Waals surface area contributed by atoms with E-state index in [9.17, 15) is 9.59 Å². The third kappa shape index (κ3) is 11.2. The van der Waals surface area contributed by atoms with E-state index in [0.29, 0.717) is 39.3 Å². The lowest BCUT2D eigenvalue weighted by Crippen LogP contribution is -2.05. The summed E-state index contributed by atoms with van der Waals surface area (Å²) in [7, 11) is 0. The van der Waals surface area contributed by atoms with Gasteiger partial charge in [0.2, 0.25) is 0 Å². The van der Waals surface area contributed by atoms with Gasteiger partial charge in [0.1, 0.15) is 11.5 Å². The Morgan fingerprint density at radius 3 is 1.19 bits per heavy atom. The van der Waals surface area contributed by atoms with Gasteiger partial charge < -0.3 is 18.9 Å². The van der Waals surface area contributed by atoms with Crippen molar-refractivity contribution >= 4 is 33.5 Å². The third-order valence-corrected chi connectivity index (χ3v) is 7.40. The number of ether oxygens (including phenoxy) is 4. The highest BCUT2D eigenvalue weighted by Gasteiger charge is 2.16. The Labute approximate surface area is 252 Å². The molecule has 0 radical (unpaired) electrons. The number of esters is 2. The van der Waals surface area contributed by atoms with Crippen LogP contribution in [0.4, 0.5) is 0 Å². The minimum Gasteiger partial charge on any atom is -0.492 e. The Hall–Kier alpha value is -3.28. The predicted molar refractivity (Wildman–Crippen MR) is 170 cm³/mol. The van der Waals surface area contributed by atoms with Crippen LogP contribution in [0, 0.1) is 0 Å². The van der Waals surface area contributed by atoms with Crippen LogP contribution in [0.15, 0.2) is 48.5 Å². The molecular weight excluding hydrogens is 528 g/mol. The molecule has 0 saturated carbocycles. The van der Waals surface area contributed by atoms with Gasteiger partial charge >= 0.3 is 11.9 Å². The molecule has 0 spiro atoms. The molecule has 6 heteroatoms. The second-order valence-corrected chi connectivity index (χ2v) is 10.9. The zero-order valence-corrected chi connectivity index (χ0v) is 25.8. The minimum atomic E-state index is -0.0836. The van der Waals surface area contributed by atoms with Crippen LogP contribution in [-0.4, -0.2) is 38.4 Å². The Morgan fingerprint density at radius 2 is 0.833 bits per heavy atom. The summed E-state index contributed by atoms with van der Waals surface area (Å²) in [6.45, 7) is 6.50. The fourth-order valence-electron chi connectivity index (χ4n) is 4.96. The molecule has 0 saturated heterocycles. The Morgan fingerprint density at radius 1 is 0.476 bits per heavy atom. The fourth-order valence-corrected chi connectivity index (χ4v) is 4.96. The van der Waals surface area contributed by atoms with E-state index in [4.69, 9.17) is 18.9 Å². The second-order valence-electron chi connectivity index (χ2n) is 10.9. The normalized spacial score (nSPS) is 11.1. The van der Waals surface area contributed by atoms with Gasteiger partial charge in [-0.2, -0.15) is 0 Å². The van der Waals surface area contributed by atoms with Crippen molar-refractivity contribution in [2.24, 2.45) is 0 Å². The van der Waals surface area contributed by atoms with E-state index in [1.165, 1.54) is 0 Å². The van der Waals surface area contributed by atoms with Gasteiger partial charge in [-0.15, -0.1) is 0 Å². The topological polar surface area (TPSA) is 71.1 Å². The van der Waals surface area contributed by atoms with E-state index in [-0.39, 0.29) is 11.9 Å². The Balaban J connectivity index is 1.49. The molecule has 0 amide bonds. The Bertz CT molecular complexity index is 1070. The van der Waals surface area contributed by atoms with E-state index in [2.05, 4.69) is 38.1 Å². The molecule has 6 nitrogen and oxygen atoms in total. The first-order valence-electron chi connectivity index (χ1n) is 16.2. The quantitative estimate of drug-likeness (QED) is 0.0672. The summed E-state index contributed by atoms with van der Waals surface area (Å²) in [4.78, 5) is 23.6. The van der Waals surface area contributed by atoms with E-state index in [1.807, 2.05) is 24.3 Å². The van der Waals surface area contributed by atoms with Crippen molar-refractivity contribution in [3.8, 4) is 11.5 Å². The summed E-state index contributed by atoms with van der Waals surface area (Å²) in [5.41, 5.74) is 0. The average Bonchev–Trinajstić information content (AvgIpc) is 3.00. The van der Waals surface area contributed by atoms with Gasteiger partial charge in [0.15, 0.2) is 0 Å². The number of benzene rings is 3. The number of rotatable bonds is 22. The summed E-state index contributed by atoms with van der Waals surface area (Å²) < 4.78 is 23.3. The van der Waals surface area contributed by atoms with Gasteiger partial charge in [-0.05, 0) is 38.5 Å². The van der Waals surface area contributed by atoms with Crippen molar-refractivity contribution in [3.63, 3.8) is 0 Å². The number of fused-ring (bicyclic) bond motifs is 2. The lowest BCUT2D eigenvalue weighted by atomic mass is 10.0. The number of hydrogen-bond donors (Lipinski definition) is 0. The Kier molecular flexibility index (Phi) is 15.6. The monoisotopic (exact) mass is 578 g/mol. The molecule has 230 valence electrons. The minimum absolute atomic E-state index is 0.0836. The van der Waals surface area contributed by atoms with E-state index < -0.39 is 0 Å². The van der Waals surface area contributed by atoms with Crippen LogP contribution in [0.1, 0.15) is 104 Å². The highest BCUT2D eigenvalue weighted by molar-refractivity contribution is 6.11. The second kappa shape index (κ2) is 19.8. The fraction of sp³-hybridized carbons (Fsp3) is 0.556. The highest BCUT2D eigenvalue weighted by atomic mass is 16.5. The molecule has 0 aliphatic carbocycles. The molecule has 3 rings (SSSR count). The van der Waals surface area contributed by atoms with Crippen LogP contribution < -0.4 is 9.47 Å². The van der Waals surface area contributed by atoms with Crippen LogP contribution in [0.5, 0.6) is 11.5 Å². The number of carbonyl (C=O) groups is 2. The molecule has 0 fully saturated rings. The van der Waals surface area contributed by atoms with Crippen molar-refractivity contribution in [3.05, 3.63) is 48.5 Å². The average molecular weight is 579 g/mol. The van der Waals surface area contributed by atoms with Gasteiger partial charge in [0, 0.05) is 34.4 Å². The third-order valence-electron chi connectivity index (χ3n) is 7.40. The molecule has 0 aliphatic heterocycles. The first-order valence-corrected chi connectivity index (χ1v) is 16.2. The molecule has 0 atom stereocenters. The van der Waals surface area contributed by atoms with Crippen LogP contribution in [0.25, 0.3) is 21.5 Å². The molecule has 42 heavy (non-hydrogen) atoms. The van der Waals surface area contributed by atoms with Gasteiger partial charge in [-0.1, -0.05) is 101 Å². The maximum absolute atomic E-state index is 11.8. The standard InChI is InChI=1S/C36H50O6/c1-3-5-25-39-33(37)23-11-7-9-17-27-41-35-29-19-13-15-21-31(29)36(32-22-16-14-20-30(32)35)42-28-18-10-8-12-24-34(38)40-26-6-4-2/h13-16,19-22H,3-12,17-18,23-28H2,1-2H3. The molecule has 0 aliphatic rings. The first-order chi connectivity index (χ1) is 20.7. The lowest BCUT2D eigenvalue weighted by Gasteiger charge is -2.18. The lowest BCUT2D eigenvalue weighted by molar-refractivity contribution is -0.144. The van der Waals surface area contributed by atoms with Crippen LogP contribution in [0.2, 0.25) is 0 Å². The number of hydrogen-bond acceptors (Lipinski definition) is 6. The molecule has 0 unspecified atom stereocenters. The predicted octanol–water partition coefficient (Wildman–Crippen LogP) is 9.34. The molecule has 0 heterocycles. The van der Waals surface area contributed by atoms with Gasteiger partial charge in [0.05, 0.1) is 26.4 Å². The van der Waals surface area contributed by atoms with Crippen molar-refractivity contribution in [2.45, 2.75) is 104 Å². The summed E-state index contributed by atoms with van der Waals surface area (Å²) in [5, 5.41) is 4.23. The van der Waals surface area contributed by atoms with Gasteiger partial charge in [0.25, 0.3) is 0 Å². The number of unbranched alkanes of at least 4 members (excludes halogenated alkanes) is 8. The molecule has 3 aromatic carbocycles. The zero-order valence-electron chi connectivity index (χ0n) is 25.8. The first kappa shape index (κ1) is 33.2. The van der Waals surface area contributed by atoms with Crippen LogP contribution in [0.3, 0.4) is 0 Å². The van der Waals surface area contributed by atoms with Crippen molar-refractivity contribution in [2.75, 3.05) is 26.4 Å². The summed E-state index contributed by atoms with van der Waals surface area (Å²) in [6, 6.07) is 16.6. The smallest absolute Gasteiger partial charge is 0.305 e. The largest absolute Gasteiger partial charge is 0.492 e.